The van der Waals surface area contributed by atoms with Gasteiger partial charge < -0.3 is 5.73 Å². The van der Waals surface area contributed by atoms with Gasteiger partial charge in [0.25, 0.3) is 0 Å². The van der Waals surface area contributed by atoms with Crippen molar-refractivity contribution >= 4 is 40.0 Å². The van der Waals surface area contributed by atoms with E-state index in [9.17, 15) is 0 Å². The van der Waals surface area contributed by atoms with Gasteiger partial charge in [0.15, 0.2) is 0 Å². The summed E-state index contributed by atoms with van der Waals surface area (Å²) in [4.78, 5) is 3.92. The molecule has 1 rings (SSSR count). The zero-order valence-corrected chi connectivity index (χ0v) is 8.27. The topological polar surface area (TPSA) is 38.9 Å². The lowest BCUT2D eigenvalue weighted by molar-refractivity contribution is 1.26. The van der Waals surface area contributed by atoms with E-state index < -0.39 is 0 Å². The minimum Gasteiger partial charge on any atom is -0.383 e. The molecule has 0 aliphatic carbocycles. The smallest absolute Gasteiger partial charge is 0.138 e. The number of rotatable bonds is 0. The van der Waals surface area contributed by atoms with Crippen LogP contribution in [0.15, 0.2) is 6.20 Å². The minimum absolute atomic E-state index is 0.496. The number of halogens is 2. The quantitative estimate of drug-likeness (QED) is 0.733. The summed E-state index contributed by atoms with van der Waals surface area (Å²) in [6.45, 7) is 1.90. The zero-order valence-electron chi connectivity index (χ0n) is 5.36. The van der Waals surface area contributed by atoms with Crippen LogP contribution in [0.1, 0.15) is 5.56 Å². The van der Waals surface area contributed by atoms with Crippen molar-refractivity contribution in [2.75, 3.05) is 5.73 Å². The van der Waals surface area contributed by atoms with Crippen LogP contribution in [0.3, 0.4) is 0 Å². The Kier molecular flexibility index (Phi) is 2.36. The fraction of sp³-hybridized carbons (Fsp3) is 0.167. The first-order chi connectivity index (χ1) is 4.63. The van der Waals surface area contributed by atoms with Gasteiger partial charge in [0.1, 0.15) is 5.82 Å². The minimum atomic E-state index is 0.496. The molecule has 0 spiro atoms. The molecule has 0 aliphatic rings. The summed E-state index contributed by atoms with van der Waals surface area (Å²) in [5, 5.41) is 0.702. The number of hydrogen-bond acceptors (Lipinski definition) is 2. The summed E-state index contributed by atoms with van der Waals surface area (Å²) in [6.07, 6.45) is 1.67. The summed E-state index contributed by atoms with van der Waals surface area (Å²) < 4.78 is 0.833. The number of nitrogens with two attached hydrogens (primary N) is 1. The first-order valence-corrected chi connectivity index (χ1v) is 4.14. The highest BCUT2D eigenvalue weighted by Crippen LogP contribution is 2.24. The van der Waals surface area contributed by atoms with Crippen molar-refractivity contribution in [3.05, 3.63) is 20.4 Å². The van der Waals surface area contributed by atoms with E-state index in [0.29, 0.717) is 10.8 Å². The summed E-state index contributed by atoms with van der Waals surface area (Å²) in [5.41, 5.74) is 6.45. The van der Waals surface area contributed by atoms with E-state index in [1.54, 1.807) is 6.20 Å². The maximum Gasteiger partial charge on any atom is 0.138 e. The van der Waals surface area contributed by atoms with Gasteiger partial charge in [-0.2, -0.15) is 0 Å². The molecule has 0 atom stereocenters. The van der Waals surface area contributed by atoms with Crippen molar-refractivity contribution in [2.45, 2.75) is 6.92 Å². The van der Waals surface area contributed by atoms with Crippen LogP contribution in [-0.4, -0.2) is 4.98 Å². The SMILES string of the molecule is Cc1cnc(N)c(I)c1Cl. The van der Waals surface area contributed by atoms with Crippen LogP contribution < -0.4 is 5.73 Å². The Balaban J connectivity index is 3.34. The molecule has 0 aromatic carbocycles. The molecule has 0 saturated carbocycles. The van der Waals surface area contributed by atoms with Gasteiger partial charge in [-0.3, -0.25) is 0 Å². The molecule has 2 nitrogen and oxygen atoms in total. The predicted molar refractivity (Wildman–Crippen MR) is 51.1 cm³/mol. The fourth-order valence-corrected chi connectivity index (χ4v) is 1.28. The zero-order chi connectivity index (χ0) is 7.72. The predicted octanol–water partition coefficient (Wildman–Crippen LogP) is 2.23. The standard InChI is InChI=1S/C6H6ClIN2/c1-3-2-10-6(9)5(8)4(3)7/h2H,1H3,(H2,9,10). The molecular formula is C6H6ClIN2. The van der Waals surface area contributed by atoms with E-state index in [2.05, 4.69) is 27.6 Å². The molecule has 0 amide bonds. The van der Waals surface area contributed by atoms with Crippen LogP contribution in [0.5, 0.6) is 0 Å². The van der Waals surface area contributed by atoms with Crippen molar-refractivity contribution in [1.82, 2.24) is 4.98 Å². The fourth-order valence-electron chi connectivity index (χ4n) is 0.565. The van der Waals surface area contributed by atoms with Crippen LogP contribution in [0.25, 0.3) is 0 Å². The lowest BCUT2D eigenvalue weighted by Gasteiger charge is -2.01. The van der Waals surface area contributed by atoms with Gasteiger partial charge in [-0.15, -0.1) is 0 Å². The van der Waals surface area contributed by atoms with Gasteiger partial charge in [0, 0.05) is 6.20 Å². The Morgan fingerprint density at radius 1 is 1.70 bits per heavy atom. The van der Waals surface area contributed by atoms with E-state index >= 15 is 0 Å². The van der Waals surface area contributed by atoms with Crippen molar-refractivity contribution in [3.8, 4) is 0 Å². The molecule has 2 N–H and O–H groups in total. The molecule has 54 valence electrons. The van der Waals surface area contributed by atoms with Crippen molar-refractivity contribution in [3.63, 3.8) is 0 Å². The van der Waals surface area contributed by atoms with E-state index in [1.807, 2.05) is 6.92 Å². The van der Waals surface area contributed by atoms with Crippen LogP contribution in [0.4, 0.5) is 5.82 Å². The van der Waals surface area contributed by atoms with Crippen molar-refractivity contribution in [2.24, 2.45) is 0 Å². The first-order valence-electron chi connectivity index (χ1n) is 2.69. The monoisotopic (exact) mass is 268 g/mol. The lowest BCUT2D eigenvalue weighted by atomic mass is 10.3. The normalized spacial score (nSPS) is 9.90. The average molecular weight is 268 g/mol. The molecular weight excluding hydrogens is 262 g/mol. The molecule has 1 aromatic rings. The first kappa shape index (κ1) is 8.07. The van der Waals surface area contributed by atoms with Gasteiger partial charge in [-0.05, 0) is 35.1 Å². The largest absolute Gasteiger partial charge is 0.383 e. The number of hydrogen-bond donors (Lipinski definition) is 1. The van der Waals surface area contributed by atoms with Crippen LogP contribution >= 0.6 is 34.2 Å². The third-order valence-corrected chi connectivity index (χ3v) is 3.06. The summed E-state index contributed by atoms with van der Waals surface area (Å²) >= 11 is 7.93. The average Bonchev–Trinajstić information content (AvgIpc) is 1.93. The molecule has 10 heavy (non-hydrogen) atoms. The summed E-state index contributed by atoms with van der Waals surface area (Å²) in [6, 6.07) is 0. The molecule has 1 aromatic heterocycles. The van der Waals surface area contributed by atoms with E-state index in [-0.39, 0.29) is 0 Å². The summed E-state index contributed by atoms with van der Waals surface area (Å²) in [5.74, 6) is 0.496. The molecule has 0 fully saturated rings. The Bertz CT molecular complexity index is 235. The van der Waals surface area contributed by atoms with E-state index in [1.165, 1.54) is 0 Å². The highest BCUT2D eigenvalue weighted by atomic mass is 127. The molecule has 0 bridgehead atoms. The van der Waals surface area contributed by atoms with Crippen LogP contribution in [0.2, 0.25) is 5.02 Å². The molecule has 0 unspecified atom stereocenters. The van der Waals surface area contributed by atoms with E-state index in [4.69, 9.17) is 17.3 Å². The second kappa shape index (κ2) is 2.92. The van der Waals surface area contributed by atoms with Gasteiger partial charge in [-0.25, -0.2) is 4.98 Å². The Morgan fingerprint density at radius 2 is 2.30 bits per heavy atom. The number of aromatic nitrogens is 1. The number of nitrogen functional groups attached to an aromatic ring is 1. The third kappa shape index (κ3) is 1.34. The lowest BCUT2D eigenvalue weighted by Crippen LogP contribution is -1.95. The Labute approximate surface area is 77.9 Å². The molecule has 0 radical (unpaired) electrons. The second-order valence-electron chi connectivity index (χ2n) is 1.95. The van der Waals surface area contributed by atoms with E-state index in [0.717, 1.165) is 9.13 Å². The molecule has 1 heterocycles. The van der Waals surface area contributed by atoms with Gasteiger partial charge >= 0.3 is 0 Å². The van der Waals surface area contributed by atoms with Crippen LogP contribution in [0, 0.1) is 10.5 Å². The van der Waals surface area contributed by atoms with Gasteiger partial charge in [-0.1, -0.05) is 11.6 Å². The number of nitrogens with zero attached hydrogens (tertiary/aromatic N) is 1. The molecule has 4 heteroatoms. The second-order valence-corrected chi connectivity index (χ2v) is 3.41. The maximum atomic E-state index is 5.86. The molecule has 0 saturated heterocycles. The number of pyridine rings is 1. The number of anilines is 1. The highest BCUT2D eigenvalue weighted by molar-refractivity contribution is 14.1. The van der Waals surface area contributed by atoms with Gasteiger partial charge in [0.2, 0.25) is 0 Å². The van der Waals surface area contributed by atoms with Crippen molar-refractivity contribution < 1.29 is 0 Å². The van der Waals surface area contributed by atoms with Crippen LogP contribution in [-0.2, 0) is 0 Å². The Hall–Kier alpha value is -0.0300. The highest BCUT2D eigenvalue weighted by Gasteiger charge is 2.03. The Morgan fingerprint density at radius 3 is 2.80 bits per heavy atom. The molecule has 0 aliphatic heterocycles. The maximum absolute atomic E-state index is 5.86. The number of aryl methyl sites for hydroxylation is 1. The van der Waals surface area contributed by atoms with Gasteiger partial charge in [0.05, 0.1) is 8.59 Å². The summed E-state index contributed by atoms with van der Waals surface area (Å²) in [7, 11) is 0. The van der Waals surface area contributed by atoms with Crippen molar-refractivity contribution in [1.29, 1.82) is 0 Å². The third-order valence-electron chi connectivity index (χ3n) is 1.16.